The number of benzene rings is 1. The van der Waals surface area contributed by atoms with Crippen molar-refractivity contribution in [1.29, 1.82) is 0 Å². The molecule has 6 nitrogen and oxygen atoms in total. The van der Waals surface area contributed by atoms with Gasteiger partial charge in [-0.05, 0) is 39.2 Å². The molecule has 0 aliphatic rings. The summed E-state index contributed by atoms with van der Waals surface area (Å²) < 4.78 is 5.10. The maximum Gasteiger partial charge on any atom is 0.321 e. The maximum absolute atomic E-state index is 12.0. The Morgan fingerprint density at radius 3 is 2.21 bits per heavy atom. The lowest BCUT2D eigenvalue weighted by atomic mass is 9.98. The molecule has 1 aromatic carbocycles. The molecule has 1 aromatic rings. The average molecular weight is 334 g/mol. The van der Waals surface area contributed by atoms with Gasteiger partial charge in [-0.1, -0.05) is 37.3 Å². The molecular formula is C18H26N2O4. The van der Waals surface area contributed by atoms with Gasteiger partial charge in [0.1, 0.15) is 0 Å². The van der Waals surface area contributed by atoms with E-state index in [2.05, 4.69) is 10.6 Å². The number of nitrogens with one attached hydrogen (secondary N) is 2. The van der Waals surface area contributed by atoms with Crippen molar-refractivity contribution in [3.63, 3.8) is 0 Å². The fourth-order valence-electron chi connectivity index (χ4n) is 2.03. The van der Waals surface area contributed by atoms with Gasteiger partial charge < -0.3 is 10.1 Å². The smallest absolute Gasteiger partial charge is 0.321 e. The van der Waals surface area contributed by atoms with Crippen molar-refractivity contribution < 1.29 is 19.1 Å². The van der Waals surface area contributed by atoms with Crippen LogP contribution in [-0.2, 0) is 14.3 Å². The quantitative estimate of drug-likeness (QED) is 0.811. The van der Waals surface area contributed by atoms with Gasteiger partial charge in [0.25, 0.3) is 5.91 Å². The summed E-state index contributed by atoms with van der Waals surface area (Å²) in [4.78, 5) is 35.5. The van der Waals surface area contributed by atoms with Gasteiger partial charge in [-0.3, -0.25) is 14.9 Å². The number of urea groups is 1. The molecule has 0 aliphatic heterocycles. The first-order valence-corrected chi connectivity index (χ1v) is 7.96. The van der Waals surface area contributed by atoms with Crippen LogP contribution >= 0.6 is 0 Å². The van der Waals surface area contributed by atoms with Gasteiger partial charge >= 0.3 is 12.0 Å². The molecule has 1 rings (SSSR count). The van der Waals surface area contributed by atoms with Gasteiger partial charge in [-0.25, -0.2) is 4.79 Å². The molecule has 0 saturated carbocycles. The van der Waals surface area contributed by atoms with Crippen molar-refractivity contribution in [2.75, 3.05) is 0 Å². The molecule has 0 heterocycles. The molecular weight excluding hydrogens is 308 g/mol. The summed E-state index contributed by atoms with van der Waals surface area (Å²) in [6.07, 6.45) is -0.873. The number of rotatable bonds is 5. The molecule has 3 amide bonds. The average Bonchev–Trinajstić information content (AvgIpc) is 2.45. The number of carbonyl (C=O) groups is 3. The monoisotopic (exact) mass is 334 g/mol. The molecule has 6 heteroatoms. The zero-order valence-electron chi connectivity index (χ0n) is 14.9. The summed E-state index contributed by atoms with van der Waals surface area (Å²) in [5.74, 6) is -1.15. The van der Waals surface area contributed by atoms with Crippen LogP contribution in [0.1, 0.15) is 52.5 Å². The minimum absolute atomic E-state index is 0.0156. The Morgan fingerprint density at radius 1 is 1.08 bits per heavy atom. The SMILES string of the molecule is C[C@H](OC(=O)C[C@H](C)c1ccccc1)C(=O)NC(=O)NC(C)(C)C. The Balaban J connectivity index is 2.45. The van der Waals surface area contributed by atoms with E-state index in [-0.39, 0.29) is 12.3 Å². The summed E-state index contributed by atoms with van der Waals surface area (Å²) in [6, 6.07) is 8.97. The highest BCUT2D eigenvalue weighted by Gasteiger charge is 2.23. The van der Waals surface area contributed by atoms with Crippen LogP contribution in [0.2, 0.25) is 0 Å². The topological polar surface area (TPSA) is 84.5 Å². The summed E-state index contributed by atoms with van der Waals surface area (Å²) in [5.41, 5.74) is 0.561. The Morgan fingerprint density at radius 2 is 1.67 bits per heavy atom. The van der Waals surface area contributed by atoms with E-state index in [1.807, 2.05) is 37.3 Å². The number of hydrogen-bond donors (Lipinski definition) is 2. The van der Waals surface area contributed by atoms with E-state index >= 15 is 0 Å². The molecule has 0 bridgehead atoms. The van der Waals surface area contributed by atoms with Crippen LogP contribution in [0.4, 0.5) is 4.79 Å². The van der Waals surface area contributed by atoms with Crippen LogP contribution in [0.5, 0.6) is 0 Å². The highest BCUT2D eigenvalue weighted by Crippen LogP contribution is 2.19. The lowest BCUT2D eigenvalue weighted by Gasteiger charge is -2.21. The Kier molecular flexibility index (Phi) is 6.95. The van der Waals surface area contributed by atoms with Crippen LogP contribution in [-0.4, -0.2) is 29.6 Å². The van der Waals surface area contributed by atoms with E-state index in [0.29, 0.717) is 0 Å². The Labute approximate surface area is 143 Å². The summed E-state index contributed by atoms with van der Waals surface area (Å²) in [7, 11) is 0. The number of ether oxygens (including phenoxy) is 1. The van der Waals surface area contributed by atoms with E-state index in [9.17, 15) is 14.4 Å². The van der Waals surface area contributed by atoms with Crippen molar-refractivity contribution in [3.05, 3.63) is 35.9 Å². The van der Waals surface area contributed by atoms with E-state index in [1.165, 1.54) is 6.92 Å². The number of imide groups is 1. The van der Waals surface area contributed by atoms with E-state index in [0.717, 1.165) is 5.56 Å². The van der Waals surface area contributed by atoms with E-state index in [4.69, 9.17) is 4.74 Å². The normalized spacial score (nSPS) is 13.5. The molecule has 2 atom stereocenters. The highest BCUT2D eigenvalue weighted by atomic mass is 16.5. The minimum atomic E-state index is -1.04. The highest BCUT2D eigenvalue weighted by molar-refractivity contribution is 5.97. The molecule has 0 spiro atoms. The molecule has 0 aromatic heterocycles. The predicted octanol–water partition coefficient (Wildman–Crippen LogP) is 2.74. The van der Waals surface area contributed by atoms with Crippen LogP contribution in [0, 0.1) is 0 Å². The largest absolute Gasteiger partial charge is 0.453 e. The van der Waals surface area contributed by atoms with Crippen LogP contribution in [0.15, 0.2) is 30.3 Å². The molecule has 0 unspecified atom stereocenters. The summed E-state index contributed by atoms with van der Waals surface area (Å²) in [6.45, 7) is 8.74. The molecule has 0 aliphatic carbocycles. The van der Waals surface area contributed by atoms with Crippen molar-refractivity contribution in [1.82, 2.24) is 10.6 Å². The molecule has 0 saturated heterocycles. The summed E-state index contributed by atoms with van der Waals surface area (Å²) in [5, 5.41) is 4.76. The number of esters is 1. The second kappa shape index (κ2) is 8.47. The van der Waals surface area contributed by atoms with Gasteiger partial charge in [-0.15, -0.1) is 0 Å². The third-order valence-corrected chi connectivity index (χ3v) is 3.24. The molecule has 0 fully saturated rings. The van der Waals surface area contributed by atoms with Crippen molar-refractivity contribution >= 4 is 17.9 Å². The standard InChI is InChI=1S/C18H26N2O4/c1-12(14-9-7-6-8-10-14)11-15(21)24-13(2)16(22)19-17(23)20-18(3,4)5/h6-10,12-13H,11H2,1-5H3,(H2,19,20,22,23)/t12-,13-/m0/s1. The van der Waals surface area contributed by atoms with Crippen molar-refractivity contribution in [2.45, 2.75) is 58.6 Å². The van der Waals surface area contributed by atoms with Crippen molar-refractivity contribution in [2.24, 2.45) is 0 Å². The van der Waals surface area contributed by atoms with E-state index in [1.54, 1.807) is 20.8 Å². The lowest BCUT2D eigenvalue weighted by Crippen LogP contribution is -2.50. The first-order chi connectivity index (χ1) is 11.1. The molecule has 24 heavy (non-hydrogen) atoms. The first kappa shape index (κ1) is 19.7. The number of amides is 3. The Hall–Kier alpha value is -2.37. The molecule has 0 radical (unpaired) electrons. The second-order valence-electron chi connectivity index (χ2n) is 6.84. The Bertz CT molecular complexity index is 578. The van der Waals surface area contributed by atoms with Gasteiger partial charge in [0.15, 0.2) is 6.10 Å². The predicted molar refractivity (Wildman–Crippen MR) is 91.5 cm³/mol. The molecule has 2 N–H and O–H groups in total. The van der Waals surface area contributed by atoms with Gasteiger partial charge in [0, 0.05) is 5.54 Å². The minimum Gasteiger partial charge on any atom is -0.453 e. The third-order valence-electron chi connectivity index (χ3n) is 3.24. The van der Waals surface area contributed by atoms with Crippen LogP contribution in [0.25, 0.3) is 0 Å². The zero-order chi connectivity index (χ0) is 18.3. The van der Waals surface area contributed by atoms with Crippen LogP contribution < -0.4 is 10.6 Å². The second-order valence-corrected chi connectivity index (χ2v) is 6.84. The maximum atomic E-state index is 12.0. The van der Waals surface area contributed by atoms with E-state index < -0.39 is 29.6 Å². The van der Waals surface area contributed by atoms with Gasteiger partial charge in [0.2, 0.25) is 0 Å². The lowest BCUT2D eigenvalue weighted by molar-refractivity contribution is -0.154. The fraction of sp³-hybridized carbons (Fsp3) is 0.500. The first-order valence-electron chi connectivity index (χ1n) is 7.96. The fourth-order valence-corrected chi connectivity index (χ4v) is 2.03. The third kappa shape index (κ3) is 7.26. The van der Waals surface area contributed by atoms with Crippen molar-refractivity contribution in [3.8, 4) is 0 Å². The van der Waals surface area contributed by atoms with Crippen LogP contribution in [0.3, 0.4) is 0 Å². The van der Waals surface area contributed by atoms with Gasteiger partial charge in [0.05, 0.1) is 6.42 Å². The van der Waals surface area contributed by atoms with Gasteiger partial charge in [-0.2, -0.15) is 0 Å². The number of carbonyl (C=O) groups excluding carboxylic acids is 3. The molecule has 132 valence electrons. The summed E-state index contributed by atoms with van der Waals surface area (Å²) >= 11 is 0. The number of hydrogen-bond acceptors (Lipinski definition) is 4. The zero-order valence-corrected chi connectivity index (χ0v) is 14.9.